The molecular formula is C19H15BrCl2N2O3. The highest BCUT2D eigenvalue weighted by molar-refractivity contribution is 9.10. The standard InChI is InChI=1S/C19H15BrCl2N2O3/c20-12-3-1-11(2-4-12)17-10-16(14-9-13(21)5-6-15(14)22)23-24(17)18(25)7-8-19(26)27/h1-6,9,17H,7-8,10H2,(H,26,27)/t17-/m0/s1. The SMILES string of the molecule is O=C(O)CCC(=O)N1N=C(c2cc(Cl)ccc2Cl)C[C@H]1c1ccc(Br)cc1. The zero-order valence-corrected chi connectivity index (χ0v) is 17.1. The van der Waals surface area contributed by atoms with Gasteiger partial charge in [0.25, 0.3) is 0 Å². The van der Waals surface area contributed by atoms with E-state index in [1.54, 1.807) is 18.2 Å². The van der Waals surface area contributed by atoms with Crippen molar-refractivity contribution in [3.05, 3.63) is 68.1 Å². The van der Waals surface area contributed by atoms with Crippen LogP contribution in [0.3, 0.4) is 0 Å². The lowest BCUT2D eigenvalue weighted by molar-refractivity contribution is -0.141. The van der Waals surface area contributed by atoms with Crippen LogP contribution in [0.15, 0.2) is 52.0 Å². The van der Waals surface area contributed by atoms with Crippen LogP contribution in [0.2, 0.25) is 10.0 Å². The third-order valence-electron chi connectivity index (χ3n) is 4.21. The molecule has 140 valence electrons. The van der Waals surface area contributed by atoms with E-state index >= 15 is 0 Å². The first-order chi connectivity index (χ1) is 12.8. The quantitative estimate of drug-likeness (QED) is 0.645. The summed E-state index contributed by atoms with van der Waals surface area (Å²) in [4.78, 5) is 23.4. The van der Waals surface area contributed by atoms with Crippen molar-refractivity contribution in [2.24, 2.45) is 5.10 Å². The summed E-state index contributed by atoms with van der Waals surface area (Å²) >= 11 is 15.8. The van der Waals surface area contributed by atoms with Crippen molar-refractivity contribution in [2.45, 2.75) is 25.3 Å². The first-order valence-corrected chi connectivity index (χ1v) is 9.72. The van der Waals surface area contributed by atoms with E-state index in [4.69, 9.17) is 28.3 Å². The van der Waals surface area contributed by atoms with Crippen molar-refractivity contribution in [1.82, 2.24) is 5.01 Å². The molecule has 2 aromatic rings. The topological polar surface area (TPSA) is 70.0 Å². The predicted octanol–water partition coefficient (Wildman–Crippen LogP) is 5.30. The molecule has 5 nitrogen and oxygen atoms in total. The van der Waals surface area contributed by atoms with Gasteiger partial charge in [-0.05, 0) is 35.9 Å². The third kappa shape index (κ3) is 4.69. The summed E-state index contributed by atoms with van der Waals surface area (Å²) in [5.74, 6) is -1.37. The zero-order valence-electron chi connectivity index (χ0n) is 14.0. The lowest BCUT2D eigenvalue weighted by atomic mass is 9.98. The molecule has 3 rings (SSSR count). The van der Waals surface area contributed by atoms with Crippen LogP contribution in [0.25, 0.3) is 0 Å². The largest absolute Gasteiger partial charge is 0.481 e. The van der Waals surface area contributed by atoms with E-state index in [1.165, 1.54) is 5.01 Å². The summed E-state index contributed by atoms with van der Waals surface area (Å²) in [5.41, 5.74) is 2.21. The van der Waals surface area contributed by atoms with Crippen molar-refractivity contribution in [3.63, 3.8) is 0 Å². The Labute approximate surface area is 174 Å². The van der Waals surface area contributed by atoms with Gasteiger partial charge < -0.3 is 5.11 Å². The van der Waals surface area contributed by atoms with Gasteiger partial charge in [0.2, 0.25) is 5.91 Å². The molecule has 1 atom stereocenters. The highest BCUT2D eigenvalue weighted by Gasteiger charge is 2.33. The van der Waals surface area contributed by atoms with E-state index in [0.29, 0.717) is 27.7 Å². The van der Waals surface area contributed by atoms with Crippen LogP contribution in [-0.2, 0) is 9.59 Å². The van der Waals surface area contributed by atoms with Gasteiger partial charge in [0.05, 0.1) is 18.2 Å². The number of amides is 1. The molecule has 1 N–H and O–H groups in total. The van der Waals surface area contributed by atoms with Gasteiger partial charge in [-0.3, -0.25) is 9.59 Å². The molecular weight excluding hydrogens is 455 g/mol. The van der Waals surface area contributed by atoms with E-state index < -0.39 is 5.97 Å². The number of hydrazone groups is 1. The fourth-order valence-corrected chi connectivity index (χ4v) is 3.56. The molecule has 1 amide bonds. The van der Waals surface area contributed by atoms with Crippen LogP contribution in [-0.4, -0.2) is 27.7 Å². The van der Waals surface area contributed by atoms with Crippen LogP contribution < -0.4 is 0 Å². The number of rotatable bonds is 5. The summed E-state index contributed by atoms with van der Waals surface area (Å²) in [6, 6.07) is 12.3. The Kier molecular flexibility index (Phi) is 6.19. The maximum Gasteiger partial charge on any atom is 0.303 e. The van der Waals surface area contributed by atoms with Gasteiger partial charge in [-0.1, -0.05) is 51.3 Å². The molecule has 8 heteroatoms. The van der Waals surface area contributed by atoms with Crippen LogP contribution in [0, 0.1) is 0 Å². The molecule has 0 saturated heterocycles. The highest BCUT2D eigenvalue weighted by atomic mass is 79.9. The average molecular weight is 470 g/mol. The Morgan fingerprint density at radius 1 is 1.15 bits per heavy atom. The lowest BCUT2D eigenvalue weighted by Crippen LogP contribution is -2.27. The molecule has 0 aromatic heterocycles. The third-order valence-corrected chi connectivity index (χ3v) is 5.31. The number of aliphatic carboxylic acids is 1. The lowest BCUT2D eigenvalue weighted by Gasteiger charge is -2.22. The molecule has 2 aromatic carbocycles. The predicted molar refractivity (Wildman–Crippen MR) is 108 cm³/mol. The molecule has 0 spiro atoms. The Morgan fingerprint density at radius 3 is 2.52 bits per heavy atom. The van der Waals surface area contributed by atoms with E-state index in [9.17, 15) is 9.59 Å². The van der Waals surface area contributed by atoms with Crippen LogP contribution in [0.5, 0.6) is 0 Å². The van der Waals surface area contributed by atoms with E-state index in [-0.39, 0.29) is 24.8 Å². The Bertz CT molecular complexity index is 916. The first kappa shape index (κ1) is 19.9. The molecule has 0 unspecified atom stereocenters. The number of carbonyl (C=O) groups excluding carboxylic acids is 1. The second-order valence-electron chi connectivity index (χ2n) is 6.07. The molecule has 0 fully saturated rings. The molecule has 0 aliphatic carbocycles. The second-order valence-corrected chi connectivity index (χ2v) is 7.83. The minimum absolute atomic E-state index is 0.123. The monoisotopic (exact) mass is 468 g/mol. The van der Waals surface area contributed by atoms with E-state index in [1.807, 2.05) is 24.3 Å². The van der Waals surface area contributed by atoms with Crippen molar-refractivity contribution in [1.29, 1.82) is 0 Å². The smallest absolute Gasteiger partial charge is 0.303 e. The number of benzene rings is 2. The van der Waals surface area contributed by atoms with E-state index in [2.05, 4.69) is 21.0 Å². The fourth-order valence-electron chi connectivity index (χ4n) is 2.89. The Morgan fingerprint density at radius 2 is 1.85 bits per heavy atom. The van der Waals surface area contributed by atoms with Crippen molar-refractivity contribution < 1.29 is 14.7 Å². The fraction of sp³-hybridized carbons (Fsp3) is 0.211. The van der Waals surface area contributed by atoms with Gasteiger partial charge in [-0.25, -0.2) is 5.01 Å². The number of carbonyl (C=O) groups is 2. The van der Waals surface area contributed by atoms with Gasteiger partial charge in [0.1, 0.15) is 0 Å². The highest BCUT2D eigenvalue weighted by Crippen LogP contribution is 2.36. The second kappa shape index (κ2) is 8.42. The van der Waals surface area contributed by atoms with Crippen molar-refractivity contribution in [3.8, 4) is 0 Å². The number of nitrogens with zero attached hydrogens (tertiary/aromatic N) is 2. The molecule has 1 aliphatic rings. The van der Waals surface area contributed by atoms with Crippen molar-refractivity contribution in [2.75, 3.05) is 0 Å². The minimum Gasteiger partial charge on any atom is -0.481 e. The Balaban J connectivity index is 1.95. The van der Waals surface area contributed by atoms with Gasteiger partial charge >= 0.3 is 5.97 Å². The minimum atomic E-state index is -1.02. The molecule has 1 heterocycles. The number of halogens is 3. The number of carboxylic acid groups (broad SMARTS) is 1. The first-order valence-electron chi connectivity index (χ1n) is 8.17. The molecule has 0 radical (unpaired) electrons. The van der Waals surface area contributed by atoms with E-state index in [0.717, 1.165) is 10.0 Å². The van der Waals surface area contributed by atoms with Gasteiger partial charge in [0, 0.05) is 32.9 Å². The van der Waals surface area contributed by atoms with Gasteiger partial charge in [-0.2, -0.15) is 5.10 Å². The molecule has 0 bridgehead atoms. The van der Waals surface area contributed by atoms with Crippen LogP contribution in [0.4, 0.5) is 0 Å². The maximum absolute atomic E-state index is 12.6. The molecule has 1 aliphatic heterocycles. The number of hydrogen-bond acceptors (Lipinski definition) is 3. The maximum atomic E-state index is 12.6. The average Bonchev–Trinajstić information content (AvgIpc) is 3.07. The van der Waals surface area contributed by atoms with Crippen LogP contribution in [0.1, 0.15) is 36.4 Å². The van der Waals surface area contributed by atoms with Crippen molar-refractivity contribution >= 4 is 56.7 Å². The summed E-state index contributed by atoms with van der Waals surface area (Å²) in [6.07, 6.45) is 0.0914. The normalized spacial score (nSPS) is 16.3. The molecule has 27 heavy (non-hydrogen) atoms. The summed E-state index contributed by atoms with van der Waals surface area (Å²) < 4.78 is 0.923. The number of hydrogen-bond donors (Lipinski definition) is 1. The number of carboxylic acids is 1. The summed E-state index contributed by atoms with van der Waals surface area (Å²) in [5, 5.41) is 15.7. The zero-order chi connectivity index (χ0) is 19.6. The Hall–Kier alpha value is -1.89. The van der Waals surface area contributed by atoms with Gasteiger partial charge in [0.15, 0.2) is 0 Å². The summed E-state index contributed by atoms with van der Waals surface area (Å²) in [7, 11) is 0. The molecule has 0 saturated carbocycles. The summed E-state index contributed by atoms with van der Waals surface area (Å²) in [6.45, 7) is 0. The van der Waals surface area contributed by atoms with Gasteiger partial charge in [-0.15, -0.1) is 0 Å². The van der Waals surface area contributed by atoms with Crippen LogP contribution >= 0.6 is 39.1 Å².